The molecule has 0 bridgehead atoms. The third-order valence-electron chi connectivity index (χ3n) is 5.28. The topological polar surface area (TPSA) is 45.6 Å². The normalized spacial score (nSPS) is 15.4. The molecule has 1 aliphatic heterocycles. The molecule has 1 aliphatic rings. The van der Waals surface area contributed by atoms with Crippen molar-refractivity contribution >= 4 is 5.82 Å². The number of aryl methyl sites for hydroxylation is 1. The fraction of sp³-hybridized carbons (Fsp3) is 0.571. The van der Waals surface area contributed by atoms with E-state index >= 15 is 0 Å². The summed E-state index contributed by atoms with van der Waals surface area (Å²) in [5.74, 6) is 1.25. The minimum absolute atomic E-state index is 0.721. The standard InChI is InChI=1S/C21H33N5O/c1-4-20-19(17-22-11-16-27-3)21(25-14-12-24(5-2)13-15-25)26(23-20)18-9-7-6-8-10-18/h6-10,22H,4-5,11-17H2,1-3H3. The van der Waals surface area contributed by atoms with Crippen molar-refractivity contribution in [3.05, 3.63) is 41.6 Å². The molecule has 0 saturated carbocycles. The predicted octanol–water partition coefficient (Wildman–Crippen LogP) is 2.31. The van der Waals surface area contributed by atoms with Crippen LogP contribution in [0.2, 0.25) is 0 Å². The van der Waals surface area contributed by atoms with Gasteiger partial charge in [0, 0.05) is 51.9 Å². The second-order valence-corrected chi connectivity index (χ2v) is 6.94. The third-order valence-corrected chi connectivity index (χ3v) is 5.28. The number of nitrogens with one attached hydrogen (secondary N) is 1. The first-order valence-corrected chi connectivity index (χ1v) is 10.1. The lowest BCUT2D eigenvalue weighted by Gasteiger charge is -2.36. The summed E-state index contributed by atoms with van der Waals surface area (Å²) in [6.07, 6.45) is 0.934. The highest BCUT2D eigenvalue weighted by atomic mass is 16.5. The van der Waals surface area contributed by atoms with Crippen LogP contribution in [0, 0.1) is 0 Å². The van der Waals surface area contributed by atoms with Crippen LogP contribution >= 0.6 is 0 Å². The van der Waals surface area contributed by atoms with Crippen LogP contribution in [0.4, 0.5) is 5.82 Å². The highest BCUT2D eigenvalue weighted by Gasteiger charge is 2.25. The number of methoxy groups -OCH3 is 1. The summed E-state index contributed by atoms with van der Waals surface area (Å²) in [6.45, 7) is 12.2. The zero-order valence-electron chi connectivity index (χ0n) is 16.9. The number of nitrogens with zero attached hydrogens (tertiary/aromatic N) is 4. The molecule has 0 atom stereocenters. The molecule has 1 N–H and O–H groups in total. The second kappa shape index (κ2) is 9.88. The van der Waals surface area contributed by atoms with Gasteiger partial charge in [0.1, 0.15) is 5.82 Å². The Labute approximate surface area is 163 Å². The van der Waals surface area contributed by atoms with Gasteiger partial charge in [-0.05, 0) is 25.1 Å². The van der Waals surface area contributed by atoms with Crippen LogP contribution in [0.3, 0.4) is 0 Å². The van der Waals surface area contributed by atoms with E-state index in [2.05, 4.69) is 64.0 Å². The number of ether oxygens (including phenoxy) is 1. The summed E-state index contributed by atoms with van der Waals surface area (Å²) < 4.78 is 7.33. The van der Waals surface area contributed by atoms with E-state index < -0.39 is 0 Å². The second-order valence-electron chi connectivity index (χ2n) is 6.94. The Morgan fingerprint density at radius 1 is 1.07 bits per heavy atom. The van der Waals surface area contributed by atoms with Gasteiger partial charge in [0.05, 0.1) is 18.0 Å². The fourth-order valence-corrected chi connectivity index (χ4v) is 3.69. The Morgan fingerprint density at radius 2 is 1.81 bits per heavy atom. The number of hydrogen-bond donors (Lipinski definition) is 1. The van der Waals surface area contributed by atoms with E-state index in [9.17, 15) is 0 Å². The van der Waals surface area contributed by atoms with Crippen molar-refractivity contribution in [1.29, 1.82) is 0 Å². The minimum atomic E-state index is 0.721. The van der Waals surface area contributed by atoms with Gasteiger partial charge in [-0.15, -0.1) is 0 Å². The van der Waals surface area contributed by atoms with E-state index in [1.165, 1.54) is 17.1 Å². The van der Waals surface area contributed by atoms with Crippen LogP contribution in [-0.4, -0.2) is 67.7 Å². The summed E-state index contributed by atoms with van der Waals surface area (Å²) in [5.41, 5.74) is 3.63. The summed E-state index contributed by atoms with van der Waals surface area (Å²) >= 11 is 0. The Balaban J connectivity index is 1.94. The Kier molecular flexibility index (Phi) is 7.26. The lowest BCUT2D eigenvalue weighted by molar-refractivity contribution is 0.199. The molecule has 0 radical (unpaired) electrons. The van der Waals surface area contributed by atoms with Crippen molar-refractivity contribution in [2.75, 3.05) is 57.9 Å². The van der Waals surface area contributed by atoms with Crippen LogP contribution in [-0.2, 0) is 17.7 Å². The van der Waals surface area contributed by atoms with Crippen LogP contribution in [0.1, 0.15) is 25.1 Å². The van der Waals surface area contributed by atoms with E-state index in [-0.39, 0.29) is 0 Å². The first-order chi connectivity index (χ1) is 13.3. The monoisotopic (exact) mass is 371 g/mol. The number of likely N-dealkylation sites (N-methyl/N-ethyl adjacent to an activating group) is 1. The summed E-state index contributed by atoms with van der Waals surface area (Å²) in [4.78, 5) is 5.02. The number of para-hydroxylation sites is 1. The molecule has 1 fully saturated rings. The van der Waals surface area contributed by atoms with Crippen LogP contribution in [0.5, 0.6) is 0 Å². The Morgan fingerprint density at radius 3 is 2.44 bits per heavy atom. The first kappa shape index (κ1) is 19.9. The van der Waals surface area contributed by atoms with Gasteiger partial charge in [0.2, 0.25) is 0 Å². The van der Waals surface area contributed by atoms with Crippen molar-refractivity contribution in [3.8, 4) is 5.69 Å². The number of anilines is 1. The van der Waals surface area contributed by atoms with Gasteiger partial charge in [0.25, 0.3) is 0 Å². The molecule has 6 nitrogen and oxygen atoms in total. The lowest BCUT2D eigenvalue weighted by atomic mass is 10.1. The number of aromatic nitrogens is 2. The average Bonchev–Trinajstić information content (AvgIpc) is 3.10. The highest BCUT2D eigenvalue weighted by Crippen LogP contribution is 2.29. The molecule has 0 spiro atoms. The number of piperazine rings is 1. The average molecular weight is 372 g/mol. The van der Waals surface area contributed by atoms with Gasteiger partial charge < -0.3 is 19.9 Å². The number of benzene rings is 1. The van der Waals surface area contributed by atoms with Crippen LogP contribution < -0.4 is 10.2 Å². The molecule has 3 rings (SSSR count). The predicted molar refractivity (Wildman–Crippen MR) is 111 cm³/mol. The molecule has 0 unspecified atom stereocenters. The van der Waals surface area contributed by atoms with Crippen molar-refractivity contribution in [2.24, 2.45) is 0 Å². The minimum Gasteiger partial charge on any atom is -0.383 e. The maximum atomic E-state index is 5.18. The molecule has 6 heteroatoms. The van der Waals surface area contributed by atoms with Gasteiger partial charge in [-0.3, -0.25) is 0 Å². The van der Waals surface area contributed by atoms with Crippen molar-refractivity contribution in [2.45, 2.75) is 26.8 Å². The molecule has 1 aromatic heterocycles. The van der Waals surface area contributed by atoms with Crippen molar-refractivity contribution < 1.29 is 4.74 Å². The molecule has 0 amide bonds. The summed E-state index contributed by atoms with van der Waals surface area (Å²) in [5, 5.41) is 8.53. The van der Waals surface area contributed by atoms with Gasteiger partial charge in [-0.1, -0.05) is 32.0 Å². The van der Waals surface area contributed by atoms with Gasteiger partial charge in [-0.2, -0.15) is 5.10 Å². The largest absolute Gasteiger partial charge is 0.383 e. The zero-order chi connectivity index (χ0) is 19.1. The van der Waals surface area contributed by atoms with E-state index in [1.54, 1.807) is 7.11 Å². The van der Waals surface area contributed by atoms with Gasteiger partial charge >= 0.3 is 0 Å². The molecule has 1 aromatic carbocycles. The van der Waals surface area contributed by atoms with E-state index in [0.29, 0.717) is 0 Å². The van der Waals surface area contributed by atoms with E-state index in [1.807, 2.05) is 0 Å². The molecule has 0 aliphatic carbocycles. The van der Waals surface area contributed by atoms with Gasteiger partial charge in [-0.25, -0.2) is 4.68 Å². The number of rotatable bonds is 9. The Hall–Kier alpha value is -1.89. The van der Waals surface area contributed by atoms with Crippen molar-refractivity contribution in [3.63, 3.8) is 0 Å². The quantitative estimate of drug-likeness (QED) is 0.686. The molecule has 2 aromatic rings. The molecule has 148 valence electrons. The smallest absolute Gasteiger partial charge is 0.137 e. The molecule has 27 heavy (non-hydrogen) atoms. The number of hydrogen-bond acceptors (Lipinski definition) is 5. The Bertz CT molecular complexity index is 692. The maximum Gasteiger partial charge on any atom is 0.137 e. The van der Waals surface area contributed by atoms with Crippen molar-refractivity contribution in [1.82, 2.24) is 20.0 Å². The molecular weight excluding hydrogens is 338 g/mol. The maximum absolute atomic E-state index is 5.18. The van der Waals surface area contributed by atoms with E-state index in [4.69, 9.17) is 9.84 Å². The molecule has 1 saturated heterocycles. The molecular formula is C21H33N5O. The molecule has 2 heterocycles. The van der Waals surface area contributed by atoms with Crippen LogP contribution in [0.25, 0.3) is 5.69 Å². The zero-order valence-corrected chi connectivity index (χ0v) is 16.9. The summed E-state index contributed by atoms with van der Waals surface area (Å²) in [6, 6.07) is 10.5. The SMILES string of the molecule is CCc1nn(-c2ccccc2)c(N2CCN(CC)CC2)c1CNCCOC. The summed E-state index contributed by atoms with van der Waals surface area (Å²) in [7, 11) is 1.74. The first-order valence-electron chi connectivity index (χ1n) is 10.1. The fourth-order valence-electron chi connectivity index (χ4n) is 3.69. The highest BCUT2D eigenvalue weighted by molar-refractivity contribution is 5.56. The third kappa shape index (κ3) is 4.69. The van der Waals surface area contributed by atoms with Gasteiger partial charge in [0.15, 0.2) is 0 Å². The lowest BCUT2D eigenvalue weighted by Crippen LogP contribution is -2.47. The van der Waals surface area contributed by atoms with E-state index in [0.717, 1.165) is 64.5 Å². The van der Waals surface area contributed by atoms with Crippen LogP contribution in [0.15, 0.2) is 30.3 Å².